The lowest BCUT2D eigenvalue weighted by molar-refractivity contribution is 0.297. The molecule has 1 aromatic carbocycles. The zero-order valence-electron chi connectivity index (χ0n) is 15.9. The Morgan fingerprint density at radius 3 is 2.09 bits per heavy atom. The minimum Gasteiger partial charge on any atom is -0.493 e. The first-order valence-corrected chi connectivity index (χ1v) is 8.76. The van der Waals surface area contributed by atoms with Crippen LogP contribution in [0.15, 0.2) is 18.2 Å². The molecule has 134 valence electrons. The Morgan fingerprint density at radius 1 is 0.957 bits per heavy atom. The van der Waals surface area contributed by atoms with Crippen LogP contribution < -0.4 is 10.5 Å². The van der Waals surface area contributed by atoms with E-state index in [4.69, 9.17) is 10.5 Å². The van der Waals surface area contributed by atoms with Gasteiger partial charge >= 0.3 is 0 Å². The third kappa shape index (κ3) is 6.00. The molecular weight excluding hydrogens is 306 g/mol. The zero-order chi connectivity index (χ0) is 16.8. The maximum atomic E-state index is 6.07. The number of halogens is 1. The van der Waals surface area contributed by atoms with Crippen LogP contribution in [0.4, 0.5) is 0 Å². The summed E-state index contributed by atoms with van der Waals surface area (Å²) in [5.41, 5.74) is 8.63. The van der Waals surface area contributed by atoms with E-state index in [1.54, 1.807) is 0 Å². The molecule has 0 heterocycles. The molecule has 0 atom stereocenters. The van der Waals surface area contributed by atoms with Crippen LogP contribution in [0.5, 0.6) is 5.75 Å². The Hall–Kier alpha value is -0.730. The van der Waals surface area contributed by atoms with Crippen LogP contribution in [0.25, 0.3) is 0 Å². The van der Waals surface area contributed by atoms with Gasteiger partial charge in [0.15, 0.2) is 0 Å². The Balaban J connectivity index is 0.00000484. The monoisotopic (exact) mass is 341 g/mol. The Kier molecular flexibility index (Phi) is 9.24. The van der Waals surface area contributed by atoms with Crippen molar-refractivity contribution < 1.29 is 4.74 Å². The van der Waals surface area contributed by atoms with Gasteiger partial charge in [-0.2, -0.15) is 0 Å². The third-order valence-electron chi connectivity index (χ3n) is 5.11. The lowest BCUT2D eigenvalue weighted by Gasteiger charge is -2.30. The van der Waals surface area contributed by atoms with Crippen LogP contribution in [-0.4, -0.2) is 13.2 Å². The van der Waals surface area contributed by atoms with Crippen LogP contribution in [0.2, 0.25) is 0 Å². The van der Waals surface area contributed by atoms with Gasteiger partial charge in [-0.05, 0) is 54.7 Å². The first kappa shape index (κ1) is 22.3. The number of hydrogen-bond acceptors (Lipinski definition) is 2. The highest BCUT2D eigenvalue weighted by molar-refractivity contribution is 5.85. The van der Waals surface area contributed by atoms with Gasteiger partial charge in [-0.15, -0.1) is 12.4 Å². The number of ether oxygens (including phenoxy) is 1. The molecule has 0 bridgehead atoms. The van der Waals surface area contributed by atoms with Crippen molar-refractivity contribution in [2.45, 2.75) is 78.1 Å². The van der Waals surface area contributed by atoms with Gasteiger partial charge in [-0.25, -0.2) is 0 Å². The first-order chi connectivity index (χ1) is 10.3. The van der Waals surface area contributed by atoms with E-state index >= 15 is 0 Å². The molecule has 0 fully saturated rings. The van der Waals surface area contributed by atoms with Crippen LogP contribution in [0.1, 0.15) is 78.4 Å². The van der Waals surface area contributed by atoms with Crippen LogP contribution in [0.3, 0.4) is 0 Å². The minimum absolute atomic E-state index is 0. The van der Waals surface area contributed by atoms with Crippen molar-refractivity contribution in [1.82, 2.24) is 0 Å². The zero-order valence-corrected chi connectivity index (χ0v) is 16.7. The van der Waals surface area contributed by atoms with Crippen molar-refractivity contribution >= 4 is 12.4 Å². The van der Waals surface area contributed by atoms with Crippen molar-refractivity contribution in [3.05, 3.63) is 29.3 Å². The van der Waals surface area contributed by atoms with Crippen molar-refractivity contribution in [3.8, 4) is 5.75 Å². The van der Waals surface area contributed by atoms with E-state index in [0.717, 1.165) is 44.6 Å². The third-order valence-corrected chi connectivity index (χ3v) is 5.11. The van der Waals surface area contributed by atoms with E-state index in [0.29, 0.717) is 0 Å². The average Bonchev–Trinajstić information content (AvgIpc) is 2.51. The van der Waals surface area contributed by atoms with E-state index in [1.807, 2.05) is 0 Å². The fraction of sp³-hybridized carbons (Fsp3) is 0.700. The summed E-state index contributed by atoms with van der Waals surface area (Å²) in [6.07, 6.45) is 4.27. The molecule has 0 unspecified atom stereocenters. The molecule has 2 nitrogen and oxygen atoms in total. The maximum Gasteiger partial charge on any atom is 0.123 e. The van der Waals surface area contributed by atoms with Crippen LogP contribution in [-0.2, 0) is 10.8 Å². The Bertz CT molecular complexity index is 469. The summed E-state index contributed by atoms with van der Waals surface area (Å²) < 4.78 is 6.07. The number of unbranched alkanes of at least 4 members (excludes halogenated alkanes) is 1. The maximum absolute atomic E-state index is 6.07. The molecular formula is C20H36ClNO. The summed E-state index contributed by atoms with van der Waals surface area (Å²) in [7, 11) is 0. The first-order valence-electron chi connectivity index (χ1n) is 8.76. The number of hydrogen-bond donors (Lipinski definition) is 1. The Morgan fingerprint density at radius 2 is 1.57 bits per heavy atom. The van der Waals surface area contributed by atoms with E-state index in [-0.39, 0.29) is 23.2 Å². The van der Waals surface area contributed by atoms with Gasteiger partial charge in [0, 0.05) is 5.56 Å². The fourth-order valence-corrected chi connectivity index (χ4v) is 2.43. The topological polar surface area (TPSA) is 35.2 Å². The molecule has 0 aromatic heterocycles. The largest absolute Gasteiger partial charge is 0.493 e. The predicted molar refractivity (Wildman–Crippen MR) is 104 cm³/mol. The van der Waals surface area contributed by atoms with Gasteiger partial charge in [0.25, 0.3) is 0 Å². The standard InChI is InChI=1S/C20H35NO.ClH/c1-7-19(3,4)16-11-12-18(22-14-10-9-13-21)17(15-16)20(5,6)8-2;/h11-12,15H,7-10,13-14,21H2,1-6H3;1H. The molecule has 0 radical (unpaired) electrons. The lowest BCUT2D eigenvalue weighted by atomic mass is 9.76. The second-order valence-corrected chi connectivity index (χ2v) is 7.53. The fourth-order valence-electron chi connectivity index (χ4n) is 2.43. The predicted octanol–water partition coefficient (Wildman–Crippen LogP) is 5.60. The summed E-state index contributed by atoms with van der Waals surface area (Å²) >= 11 is 0. The highest BCUT2D eigenvalue weighted by Gasteiger charge is 2.26. The lowest BCUT2D eigenvalue weighted by Crippen LogP contribution is -2.21. The highest BCUT2D eigenvalue weighted by Crippen LogP contribution is 2.38. The summed E-state index contributed by atoms with van der Waals surface area (Å²) in [5, 5.41) is 0. The van der Waals surface area contributed by atoms with Crippen LogP contribution in [0, 0.1) is 0 Å². The van der Waals surface area contributed by atoms with Gasteiger partial charge in [0.05, 0.1) is 6.61 Å². The van der Waals surface area contributed by atoms with Gasteiger partial charge in [-0.1, -0.05) is 53.7 Å². The molecule has 0 saturated heterocycles. The van der Waals surface area contributed by atoms with Crippen molar-refractivity contribution in [3.63, 3.8) is 0 Å². The summed E-state index contributed by atoms with van der Waals surface area (Å²) in [6.45, 7) is 15.2. The van der Waals surface area contributed by atoms with E-state index in [1.165, 1.54) is 11.1 Å². The van der Waals surface area contributed by atoms with Gasteiger partial charge in [-0.3, -0.25) is 0 Å². The molecule has 0 saturated carbocycles. The molecule has 1 rings (SSSR count). The van der Waals surface area contributed by atoms with Crippen molar-refractivity contribution in [1.29, 1.82) is 0 Å². The molecule has 0 aliphatic carbocycles. The molecule has 1 aromatic rings. The van der Waals surface area contributed by atoms with Crippen molar-refractivity contribution in [2.75, 3.05) is 13.2 Å². The second-order valence-electron chi connectivity index (χ2n) is 7.53. The smallest absolute Gasteiger partial charge is 0.123 e. The van der Waals surface area contributed by atoms with Crippen molar-refractivity contribution in [2.24, 2.45) is 5.73 Å². The summed E-state index contributed by atoms with van der Waals surface area (Å²) in [4.78, 5) is 0. The van der Waals surface area contributed by atoms with E-state index in [9.17, 15) is 0 Å². The molecule has 0 aliphatic heterocycles. The van der Waals surface area contributed by atoms with E-state index < -0.39 is 0 Å². The average molecular weight is 342 g/mol. The molecule has 0 amide bonds. The SMILES string of the molecule is CCC(C)(C)c1ccc(OCCCCN)c(C(C)(C)CC)c1.Cl. The molecule has 3 heteroatoms. The molecule has 2 N–H and O–H groups in total. The van der Waals surface area contributed by atoms with Gasteiger partial charge in [0.2, 0.25) is 0 Å². The summed E-state index contributed by atoms with van der Waals surface area (Å²) in [5.74, 6) is 1.04. The highest BCUT2D eigenvalue weighted by atomic mass is 35.5. The second kappa shape index (κ2) is 9.54. The summed E-state index contributed by atoms with van der Waals surface area (Å²) in [6, 6.07) is 6.77. The quantitative estimate of drug-likeness (QED) is 0.593. The minimum atomic E-state index is 0. The number of rotatable bonds is 9. The van der Waals surface area contributed by atoms with Crippen LogP contribution >= 0.6 is 12.4 Å². The van der Waals surface area contributed by atoms with E-state index in [2.05, 4.69) is 59.7 Å². The number of benzene rings is 1. The number of nitrogens with two attached hydrogens (primary N) is 1. The van der Waals surface area contributed by atoms with Gasteiger partial charge < -0.3 is 10.5 Å². The molecule has 0 spiro atoms. The normalized spacial score (nSPS) is 12.0. The molecule has 0 aliphatic rings. The Labute approximate surface area is 149 Å². The van der Waals surface area contributed by atoms with Gasteiger partial charge in [0.1, 0.15) is 5.75 Å². The molecule has 23 heavy (non-hydrogen) atoms.